The highest BCUT2D eigenvalue weighted by Crippen LogP contribution is 2.20. The molecule has 0 aliphatic heterocycles. The Bertz CT molecular complexity index is 661. The van der Waals surface area contributed by atoms with Gasteiger partial charge in [0.25, 0.3) is 0 Å². The monoisotopic (exact) mass is 273 g/mol. The number of hydrogen-bond donors (Lipinski definition) is 1. The first kappa shape index (κ1) is 13.9. The van der Waals surface area contributed by atoms with Crippen molar-refractivity contribution in [2.45, 2.75) is 13.8 Å². The molecule has 0 bridgehead atoms. The average Bonchev–Trinajstić information content (AvgIpc) is 2.39. The lowest BCUT2D eigenvalue weighted by Crippen LogP contribution is -2.19. The molecule has 104 valence electrons. The van der Waals surface area contributed by atoms with E-state index in [0.29, 0.717) is 11.4 Å². The molecular weight excluding hydrogens is 258 g/mol. The molecular formula is C15H15NO4. The molecule has 1 aromatic carbocycles. The number of benzene rings is 1. The Morgan fingerprint density at radius 2 is 2.00 bits per heavy atom. The Kier molecular flexibility index (Phi) is 4.20. The highest BCUT2D eigenvalue weighted by atomic mass is 16.5. The van der Waals surface area contributed by atoms with Crippen LogP contribution in [0.4, 0.5) is 11.4 Å². The number of ether oxygens (including phenoxy) is 1. The molecule has 0 aliphatic carbocycles. The van der Waals surface area contributed by atoms with E-state index in [4.69, 9.17) is 9.15 Å². The predicted octanol–water partition coefficient (Wildman–Crippen LogP) is 2.87. The van der Waals surface area contributed by atoms with E-state index in [1.54, 1.807) is 19.9 Å². The van der Waals surface area contributed by atoms with Crippen molar-refractivity contribution in [1.29, 1.82) is 0 Å². The third-order valence-electron chi connectivity index (χ3n) is 2.61. The molecule has 0 unspecified atom stereocenters. The number of hydrogen-bond acceptors (Lipinski definition) is 5. The molecule has 5 heteroatoms. The maximum absolute atomic E-state index is 11.9. The van der Waals surface area contributed by atoms with Crippen LogP contribution in [0.5, 0.6) is 0 Å². The predicted molar refractivity (Wildman–Crippen MR) is 75.4 cm³/mol. The van der Waals surface area contributed by atoms with Crippen LogP contribution < -0.4 is 10.9 Å². The van der Waals surface area contributed by atoms with Crippen molar-refractivity contribution in [3.05, 3.63) is 58.1 Å². The van der Waals surface area contributed by atoms with Crippen LogP contribution in [0.2, 0.25) is 0 Å². The number of nitrogens with one attached hydrogen (secondary N) is 1. The summed E-state index contributed by atoms with van der Waals surface area (Å²) in [6, 6.07) is 10.8. The average molecular weight is 273 g/mol. The van der Waals surface area contributed by atoms with Crippen LogP contribution in [0.3, 0.4) is 0 Å². The fraction of sp³-hybridized carbons (Fsp3) is 0.200. The summed E-state index contributed by atoms with van der Waals surface area (Å²) in [5.41, 5.74) is 0.314. The summed E-state index contributed by atoms with van der Waals surface area (Å²) in [6.07, 6.45) is 0. The molecule has 1 heterocycles. The second kappa shape index (κ2) is 6.06. The van der Waals surface area contributed by atoms with Crippen LogP contribution in [0.25, 0.3) is 0 Å². The van der Waals surface area contributed by atoms with E-state index in [2.05, 4.69) is 5.32 Å². The molecule has 20 heavy (non-hydrogen) atoms. The smallest absolute Gasteiger partial charge is 0.352 e. The standard InChI is InChI=1S/C15H15NO4/c1-3-19-14(17)13-12(9-10(2)20-15(13)18)16-11-7-5-4-6-8-11/h4-9,16H,3H2,1-2H3. The van der Waals surface area contributed by atoms with Gasteiger partial charge < -0.3 is 14.5 Å². The quantitative estimate of drug-likeness (QED) is 0.867. The van der Waals surface area contributed by atoms with Gasteiger partial charge in [-0.3, -0.25) is 0 Å². The van der Waals surface area contributed by atoms with Gasteiger partial charge in [-0.15, -0.1) is 0 Å². The Morgan fingerprint density at radius 1 is 1.30 bits per heavy atom. The minimum Gasteiger partial charge on any atom is -0.462 e. The third kappa shape index (κ3) is 3.06. The second-order valence-electron chi connectivity index (χ2n) is 4.14. The number of aryl methyl sites for hydroxylation is 1. The molecule has 0 atom stereocenters. The first-order valence-corrected chi connectivity index (χ1v) is 6.25. The van der Waals surface area contributed by atoms with Gasteiger partial charge in [-0.05, 0) is 26.0 Å². The van der Waals surface area contributed by atoms with E-state index >= 15 is 0 Å². The lowest BCUT2D eigenvalue weighted by atomic mass is 10.2. The molecule has 0 saturated carbocycles. The van der Waals surface area contributed by atoms with Crippen molar-refractivity contribution in [3.8, 4) is 0 Å². The van der Waals surface area contributed by atoms with Crippen LogP contribution >= 0.6 is 0 Å². The van der Waals surface area contributed by atoms with Crippen molar-refractivity contribution in [2.75, 3.05) is 11.9 Å². The van der Waals surface area contributed by atoms with Gasteiger partial charge >= 0.3 is 11.6 Å². The Balaban J connectivity index is 2.45. The fourth-order valence-corrected chi connectivity index (χ4v) is 1.78. The summed E-state index contributed by atoms with van der Waals surface area (Å²) in [4.78, 5) is 23.7. The van der Waals surface area contributed by atoms with Crippen LogP contribution in [-0.2, 0) is 4.74 Å². The highest BCUT2D eigenvalue weighted by molar-refractivity contribution is 5.96. The van der Waals surface area contributed by atoms with E-state index in [1.165, 1.54) is 0 Å². The lowest BCUT2D eigenvalue weighted by Gasteiger charge is -2.10. The summed E-state index contributed by atoms with van der Waals surface area (Å²) in [6.45, 7) is 3.52. The van der Waals surface area contributed by atoms with E-state index in [0.717, 1.165) is 5.69 Å². The number of rotatable bonds is 4. The Morgan fingerprint density at radius 3 is 2.65 bits per heavy atom. The maximum Gasteiger partial charge on any atom is 0.352 e. The first-order chi connectivity index (χ1) is 9.61. The van der Waals surface area contributed by atoms with E-state index in [9.17, 15) is 9.59 Å². The first-order valence-electron chi connectivity index (χ1n) is 6.25. The van der Waals surface area contributed by atoms with Gasteiger partial charge in [-0.2, -0.15) is 0 Å². The maximum atomic E-state index is 11.9. The third-order valence-corrected chi connectivity index (χ3v) is 2.61. The van der Waals surface area contributed by atoms with Gasteiger partial charge in [-0.1, -0.05) is 18.2 Å². The number of para-hydroxylation sites is 1. The number of carbonyl (C=O) groups is 1. The van der Waals surface area contributed by atoms with E-state index in [1.807, 2.05) is 30.3 Å². The molecule has 2 rings (SSSR count). The normalized spacial score (nSPS) is 10.1. The molecule has 2 aromatic rings. The molecule has 5 nitrogen and oxygen atoms in total. The van der Waals surface area contributed by atoms with Gasteiger partial charge in [-0.25, -0.2) is 9.59 Å². The summed E-state index contributed by atoms with van der Waals surface area (Å²) in [5, 5.41) is 3.03. The Labute approximate surface area is 116 Å². The van der Waals surface area contributed by atoms with Crippen molar-refractivity contribution in [2.24, 2.45) is 0 Å². The topological polar surface area (TPSA) is 68.5 Å². The molecule has 0 saturated heterocycles. The van der Waals surface area contributed by atoms with Crippen molar-refractivity contribution in [3.63, 3.8) is 0 Å². The van der Waals surface area contributed by atoms with Crippen molar-refractivity contribution in [1.82, 2.24) is 0 Å². The van der Waals surface area contributed by atoms with Gasteiger partial charge in [0.2, 0.25) is 0 Å². The minimum absolute atomic E-state index is 0.124. The van der Waals surface area contributed by atoms with E-state index < -0.39 is 11.6 Å². The largest absolute Gasteiger partial charge is 0.462 e. The molecule has 0 radical (unpaired) electrons. The van der Waals surface area contributed by atoms with Crippen LogP contribution in [0, 0.1) is 6.92 Å². The van der Waals surface area contributed by atoms with Crippen LogP contribution in [-0.4, -0.2) is 12.6 Å². The van der Waals surface area contributed by atoms with Gasteiger partial charge in [0, 0.05) is 11.8 Å². The fourth-order valence-electron chi connectivity index (χ4n) is 1.78. The zero-order valence-corrected chi connectivity index (χ0v) is 11.3. The molecule has 1 aromatic heterocycles. The van der Waals surface area contributed by atoms with Gasteiger partial charge in [0.1, 0.15) is 5.76 Å². The summed E-state index contributed by atoms with van der Waals surface area (Å²) < 4.78 is 9.85. The molecule has 0 amide bonds. The molecule has 0 spiro atoms. The zero-order chi connectivity index (χ0) is 14.5. The van der Waals surface area contributed by atoms with Crippen LogP contribution in [0.1, 0.15) is 23.0 Å². The van der Waals surface area contributed by atoms with E-state index in [-0.39, 0.29) is 12.2 Å². The lowest BCUT2D eigenvalue weighted by molar-refractivity contribution is 0.0522. The minimum atomic E-state index is -0.707. The summed E-state index contributed by atoms with van der Waals surface area (Å²) >= 11 is 0. The highest BCUT2D eigenvalue weighted by Gasteiger charge is 2.19. The van der Waals surface area contributed by atoms with Crippen molar-refractivity contribution < 1.29 is 13.9 Å². The molecule has 0 aliphatic rings. The van der Waals surface area contributed by atoms with Gasteiger partial charge in [0.15, 0.2) is 5.56 Å². The Hall–Kier alpha value is -2.56. The zero-order valence-electron chi connectivity index (χ0n) is 11.3. The number of esters is 1. The summed E-state index contributed by atoms with van der Waals surface area (Å²) in [7, 11) is 0. The second-order valence-corrected chi connectivity index (χ2v) is 4.14. The summed E-state index contributed by atoms with van der Waals surface area (Å²) in [5.74, 6) is -0.277. The number of anilines is 2. The van der Waals surface area contributed by atoms with Gasteiger partial charge in [0.05, 0.1) is 12.3 Å². The SMILES string of the molecule is CCOC(=O)c1c(Nc2ccccc2)cc(C)oc1=O. The molecule has 0 fully saturated rings. The number of carbonyl (C=O) groups excluding carboxylic acids is 1. The van der Waals surface area contributed by atoms with Crippen molar-refractivity contribution >= 4 is 17.3 Å². The van der Waals surface area contributed by atoms with Crippen LogP contribution in [0.15, 0.2) is 45.6 Å². The molecule has 1 N–H and O–H groups in total.